The van der Waals surface area contributed by atoms with Crippen LogP contribution in [0.25, 0.3) is 0 Å². The summed E-state index contributed by atoms with van der Waals surface area (Å²) in [7, 11) is 0. The van der Waals surface area contributed by atoms with Gasteiger partial charge in [-0.15, -0.1) is 0 Å². The molecule has 3 heteroatoms. The minimum absolute atomic E-state index is 0.0381. The van der Waals surface area contributed by atoms with Gasteiger partial charge in [0.25, 0.3) is 5.91 Å². The topological polar surface area (TPSA) is 38.3 Å². The zero-order valence-corrected chi connectivity index (χ0v) is 15.3. The first-order valence-electron chi connectivity index (χ1n) is 9.19. The van der Waals surface area contributed by atoms with Crippen molar-refractivity contribution in [2.45, 2.75) is 58.6 Å². The van der Waals surface area contributed by atoms with Crippen molar-refractivity contribution in [3.63, 3.8) is 0 Å². The number of hydrogen-bond acceptors (Lipinski definition) is 2. The second-order valence-electron chi connectivity index (χ2n) is 7.00. The fraction of sp³-hybridized carbons (Fsp3) is 0.409. The minimum Gasteiger partial charge on any atom is -0.481 e. The fourth-order valence-corrected chi connectivity index (χ4v) is 3.37. The second kappa shape index (κ2) is 7.73. The van der Waals surface area contributed by atoms with Crippen molar-refractivity contribution >= 4 is 5.91 Å². The van der Waals surface area contributed by atoms with Gasteiger partial charge in [0, 0.05) is 0 Å². The van der Waals surface area contributed by atoms with E-state index in [1.54, 1.807) is 0 Å². The van der Waals surface area contributed by atoms with E-state index in [-0.39, 0.29) is 11.9 Å². The van der Waals surface area contributed by atoms with Crippen LogP contribution in [0.5, 0.6) is 5.75 Å². The van der Waals surface area contributed by atoms with E-state index in [0.717, 1.165) is 24.2 Å². The molecule has 0 bridgehead atoms. The maximum Gasteiger partial charge on any atom is 0.261 e. The van der Waals surface area contributed by atoms with Gasteiger partial charge < -0.3 is 10.1 Å². The minimum atomic E-state index is -0.513. The molecule has 0 spiro atoms. The van der Waals surface area contributed by atoms with Gasteiger partial charge in [-0.05, 0) is 69.2 Å². The summed E-state index contributed by atoms with van der Waals surface area (Å²) in [6.45, 7) is 5.88. The van der Waals surface area contributed by atoms with Crippen molar-refractivity contribution in [3.05, 3.63) is 64.7 Å². The molecule has 132 valence electrons. The molecule has 0 aromatic heterocycles. The number of ether oxygens (including phenoxy) is 1. The van der Waals surface area contributed by atoms with Crippen LogP contribution in [0, 0.1) is 6.92 Å². The van der Waals surface area contributed by atoms with Crippen LogP contribution in [0.1, 0.15) is 55.0 Å². The van der Waals surface area contributed by atoms with Crippen molar-refractivity contribution in [1.82, 2.24) is 5.32 Å². The average molecular weight is 337 g/mol. The lowest BCUT2D eigenvalue weighted by atomic mass is 9.91. The predicted molar refractivity (Wildman–Crippen MR) is 101 cm³/mol. The van der Waals surface area contributed by atoms with E-state index in [1.165, 1.54) is 29.5 Å². The molecule has 3 nitrogen and oxygen atoms in total. The summed E-state index contributed by atoms with van der Waals surface area (Å²) in [5.74, 6) is 0.782. The zero-order valence-electron chi connectivity index (χ0n) is 15.3. The van der Waals surface area contributed by atoms with Crippen LogP contribution >= 0.6 is 0 Å². The van der Waals surface area contributed by atoms with E-state index in [2.05, 4.69) is 42.6 Å². The Hall–Kier alpha value is -2.29. The zero-order chi connectivity index (χ0) is 17.8. The molecule has 2 atom stereocenters. The van der Waals surface area contributed by atoms with Crippen molar-refractivity contribution in [2.24, 2.45) is 0 Å². The van der Waals surface area contributed by atoms with Gasteiger partial charge in [0.1, 0.15) is 5.75 Å². The first kappa shape index (κ1) is 17.5. The molecule has 0 saturated heterocycles. The summed E-state index contributed by atoms with van der Waals surface area (Å²) < 4.78 is 6.02. The van der Waals surface area contributed by atoms with Crippen molar-refractivity contribution in [3.8, 4) is 5.75 Å². The Bertz CT molecular complexity index is 736. The molecule has 0 unspecified atom stereocenters. The summed E-state index contributed by atoms with van der Waals surface area (Å²) in [4.78, 5) is 12.5. The van der Waals surface area contributed by atoms with Crippen LogP contribution < -0.4 is 10.1 Å². The van der Waals surface area contributed by atoms with Gasteiger partial charge in [-0.25, -0.2) is 0 Å². The third kappa shape index (κ3) is 4.22. The van der Waals surface area contributed by atoms with Gasteiger partial charge in [-0.3, -0.25) is 4.79 Å². The summed E-state index contributed by atoms with van der Waals surface area (Å²) in [5, 5.41) is 3.05. The van der Waals surface area contributed by atoms with E-state index in [4.69, 9.17) is 4.74 Å². The molecule has 1 amide bonds. The van der Waals surface area contributed by atoms with E-state index in [0.29, 0.717) is 0 Å². The van der Waals surface area contributed by atoms with Gasteiger partial charge >= 0.3 is 0 Å². The fourth-order valence-electron chi connectivity index (χ4n) is 3.37. The van der Waals surface area contributed by atoms with Crippen LogP contribution in [0.4, 0.5) is 0 Å². The molecule has 25 heavy (non-hydrogen) atoms. The highest BCUT2D eigenvalue weighted by molar-refractivity contribution is 5.81. The summed E-state index contributed by atoms with van der Waals surface area (Å²) in [5.41, 5.74) is 4.96. The third-order valence-corrected chi connectivity index (χ3v) is 4.96. The van der Waals surface area contributed by atoms with Crippen LogP contribution in [0.3, 0.4) is 0 Å². The maximum atomic E-state index is 12.5. The van der Waals surface area contributed by atoms with Gasteiger partial charge in [0.2, 0.25) is 0 Å². The number of hydrogen-bond donors (Lipinski definition) is 1. The highest BCUT2D eigenvalue weighted by Crippen LogP contribution is 2.30. The van der Waals surface area contributed by atoms with Crippen LogP contribution in [0.15, 0.2) is 42.5 Å². The molecule has 2 aromatic carbocycles. The van der Waals surface area contributed by atoms with Crippen LogP contribution in [-0.4, -0.2) is 12.0 Å². The molecule has 0 heterocycles. The number of carbonyl (C=O) groups excluding carboxylic acids is 1. The third-order valence-electron chi connectivity index (χ3n) is 4.96. The largest absolute Gasteiger partial charge is 0.481 e. The van der Waals surface area contributed by atoms with Crippen molar-refractivity contribution in [2.75, 3.05) is 0 Å². The Balaban J connectivity index is 1.64. The summed E-state index contributed by atoms with van der Waals surface area (Å²) in [6.07, 6.45) is 4.07. The van der Waals surface area contributed by atoms with Crippen LogP contribution in [0.2, 0.25) is 0 Å². The first-order chi connectivity index (χ1) is 12.0. The first-order valence-corrected chi connectivity index (χ1v) is 9.19. The molecule has 0 aliphatic heterocycles. The van der Waals surface area contributed by atoms with Crippen molar-refractivity contribution < 1.29 is 9.53 Å². The Morgan fingerprint density at radius 2 is 1.76 bits per heavy atom. The Labute approximate surface area is 150 Å². The Kier molecular flexibility index (Phi) is 5.42. The summed E-state index contributed by atoms with van der Waals surface area (Å²) >= 11 is 0. The molecule has 1 aliphatic rings. The van der Waals surface area contributed by atoms with E-state index in [1.807, 2.05) is 26.0 Å². The average Bonchev–Trinajstić information content (AvgIpc) is 2.62. The number of nitrogens with one attached hydrogen (secondary N) is 1. The molecule has 2 aromatic rings. The van der Waals surface area contributed by atoms with Gasteiger partial charge in [0.15, 0.2) is 6.10 Å². The molecular formula is C22H27NO2. The van der Waals surface area contributed by atoms with Gasteiger partial charge in [0.05, 0.1) is 6.04 Å². The quantitative estimate of drug-likeness (QED) is 0.871. The number of benzene rings is 2. The number of fused-ring (bicyclic) bond motifs is 1. The number of aryl methyl sites for hydroxylation is 2. The van der Waals surface area contributed by atoms with E-state index >= 15 is 0 Å². The van der Waals surface area contributed by atoms with E-state index < -0.39 is 6.10 Å². The summed E-state index contributed by atoms with van der Waals surface area (Å²) in [6, 6.07) is 14.4. The lowest BCUT2D eigenvalue weighted by molar-refractivity contribution is -0.127. The maximum absolute atomic E-state index is 12.5. The normalized spacial score (nSPS) is 15.8. The predicted octanol–water partition coefficient (Wildman–Crippen LogP) is 4.52. The molecule has 1 aliphatic carbocycles. The van der Waals surface area contributed by atoms with Crippen molar-refractivity contribution in [1.29, 1.82) is 0 Å². The smallest absolute Gasteiger partial charge is 0.261 e. The second-order valence-corrected chi connectivity index (χ2v) is 7.00. The number of amides is 1. The van der Waals surface area contributed by atoms with E-state index in [9.17, 15) is 4.79 Å². The highest BCUT2D eigenvalue weighted by Gasteiger charge is 2.20. The van der Waals surface area contributed by atoms with Crippen LogP contribution in [-0.2, 0) is 17.6 Å². The molecule has 1 N–H and O–H groups in total. The molecule has 0 radical (unpaired) electrons. The monoisotopic (exact) mass is 337 g/mol. The highest BCUT2D eigenvalue weighted by atomic mass is 16.5. The standard InChI is InChI=1S/C22H27NO2/c1-15-11-13-18(14-12-15)16(2)23-22(24)17(3)25-21-10-6-8-19-7-4-5-9-20(19)21/h6,8,10-14,16-17H,4-5,7,9H2,1-3H3,(H,23,24)/t16-,17-/m0/s1. The lowest BCUT2D eigenvalue weighted by Crippen LogP contribution is -2.38. The van der Waals surface area contributed by atoms with Gasteiger partial charge in [-0.2, -0.15) is 0 Å². The number of rotatable bonds is 5. The Morgan fingerprint density at radius 3 is 2.52 bits per heavy atom. The molecular weight excluding hydrogens is 310 g/mol. The Morgan fingerprint density at radius 1 is 1.04 bits per heavy atom. The molecule has 3 rings (SSSR count). The lowest BCUT2D eigenvalue weighted by Gasteiger charge is -2.23. The SMILES string of the molecule is Cc1ccc([C@H](C)NC(=O)[C@H](C)Oc2cccc3c2CCCC3)cc1. The molecule has 0 fully saturated rings. The molecule has 0 saturated carbocycles. The number of carbonyl (C=O) groups is 1. The van der Waals surface area contributed by atoms with Gasteiger partial charge in [-0.1, -0.05) is 42.0 Å².